The zero-order valence-electron chi connectivity index (χ0n) is 21.3. The number of hydrogen-bond acceptors (Lipinski definition) is 5. The van der Waals surface area contributed by atoms with Crippen molar-refractivity contribution in [1.29, 1.82) is 0 Å². The first-order chi connectivity index (χ1) is 17.9. The fourth-order valence-corrected chi connectivity index (χ4v) is 4.37. The third-order valence-electron chi connectivity index (χ3n) is 6.43. The lowest BCUT2D eigenvalue weighted by atomic mass is 10.2. The Hall–Kier alpha value is -3.40. The highest BCUT2D eigenvalue weighted by Gasteiger charge is 2.18. The number of aliphatic hydroxyl groups is 1. The summed E-state index contributed by atoms with van der Waals surface area (Å²) in [6, 6.07) is 13.7. The average Bonchev–Trinajstić information content (AvgIpc) is 3.50. The van der Waals surface area contributed by atoms with Gasteiger partial charge in [0.1, 0.15) is 23.3 Å². The van der Waals surface area contributed by atoms with Gasteiger partial charge in [0.05, 0.1) is 29.6 Å². The number of H-pyrrole nitrogens is 2. The van der Waals surface area contributed by atoms with E-state index in [0.29, 0.717) is 34.5 Å². The van der Waals surface area contributed by atoms with E-state index in [2.05, 4.69) is 43.6 Å². The Balaban J connectivity index is 0.000000195. The third-order valence-corrected chi connectivity index (χ3v) is 6.43. The topological polar surface area (TPSA) is 84.1 Å². The standard InChI is InChI=1S/C18H25FN4.C10H9FN2O/c1-14(2)23-9-5-8-22(10-11-23)13-15-12-20-18(21-15)16-6-3-4-7-17(16)19;11-9-4-2-1-3-8(9)10-12-5-7(6-14)13-10/h3-4,6-7,12,14H,5,8-11,13H2,1-2H3,(H,20,21);1-5,14H,6H2,(H,12,13). The predicted octanol–water partition coefficient (Wildman–Crippen LogP) is 4.84. The van der Waals surface area contributed by atoms with Gasteiger partial charge in [-0.25, -0.2) is 18.7 Å². The van der Waals surface area contributed by atoms with Crippen LogP contribution < -0.4 is 0 Å². The van der Waals surface area contributed by atoms with E-state index in [1.165, 1.54) is 24.8 Å². The summed E-state index contributed by atoms with van der Waals surface area (Å²) in [6.07, 6.45) is 4.50. The van der Waals surface area contributed by atoms with E-state index in [1.807, 2.05) is 12.3 Å². The lowest BCUT2D eigenvalue weighted by molar-refractivity contribution is 0.217. The highest BCUT2D eigenvalue weighted by atomic mass is 19.1. The zero-order valence-corrected chi connectivity index (χ0v) is 21.3. The van der Waals surface area contributed by atoms with E-state index < -0.39 is 0 Å². The molecule has 7 nitrogen and oxygen atoms in total. The molecule has 4 aromatic rings. The second-order valence-corrected chi connectivity index (χ2v) is 9.39. The van der Waals surface area contributed by atoms with Gasteiger partial charge in [-0.15, -0.1) is 0 Å². The van der Waals surface area contributed by atoms with E-state index in [-0.39, 0.29) is 18.2 Å². The van der Waals surface area contributed by atoms with Crippen LogP contribution in [0.4, 0.5) is 8.78 Å². The number of aromatic nitrogens is 4. The smallest absolute Gasteiger partial charge is 0.140 e. The van der Waals surface area contributed by atoms with E-state index in [4.69, 9.17) is 5.11 Å². The second kappa shape index (κ2) is 12.7. The number of nitrogens with zero attached hydrogens (tertiary/aromatic N) is 4. The first-order valence-electron chi connectivity index (χ1n) is 12.6. The van der Waals surface area contributed by atoms with Crippen molar-refractivity contribution >= 4 is 0 Å². The van der Waals surface area contributed by atoms with E-state index in [9.17, 15) is 8.78 Å². The fraction of sp³-hybridized carbons (Fsp3) is 0.357. The van der Waals surface area contributed by atoms with Crippen molar-refractivity contribution in [2.75, 3.05) is 26.2 Å². The molecule has 0 amide bonds. The highest BCUT2D eigenvalue weighted by molar-refractivity contribution is 5.56. The van der Waals surface area contributed by atoms with Crippen LogP contribution in [0.25, 0.3) is 22.8 Å². The van der Waals surface area contributed by atoms with Crippen molar-refractivity contribution in [3.05, 3.63) is 83.9 Å². The Morgan fingerprint density at radius 1 is 0.811 bits per heavy atom. The maximum Gasteiger partial charge on any atom is 0.140 e. The van der Waals surface area contributed by atoms with Gasteiger partial charge in [-0.3, -0.25) is 9.80 Å². The SMILES string of the molecule is CC(C)N1CCCN(Cc2cnc(-c3ccccc3F)[nH]2)CC1.OCc1cnc(-c2ccccc2F)[nH]1. The molecule has 0 radical (unpaired) electrons. The van der Waals surface area contributed by atoms with Crippen LogP contribution in [-0.2, 0) is 13.2 Å². The number of benzene rings is 2. The van der Waals surface area contributed by atoms with E-state index in [0.717, 1.165) is 38.4 Å². The van der Waals surface area contributed by atoms with Gasteiger partial charge in [-0.2, -0.15) is 0 Å². The number of aromatic amines is 2. The zero-order chi connectivity index (χ0) is 26.2. The molecule has 1 aliphatic rings. The van der Waals surface area contributed by atoms with Crippen LogP contribution in [0, 0.1) is 11.6 Å². The minimum Gasteiger partial charge on any atom is -0.390 e. The lowest BCUT2D eigenvalue weighted by Crippen LogP contribution is -2.34. The van der Waals surface area contributed by atoms with Crippen LogP contribution in [0.15, 0.2) is 60.9 Å². The minimum absolute atomic E-state index is 0.124. The third kappa shape index (κ3) is 7.09. The Morgan fingerprint density at radius 3 is 1.92 bits per heavy atom. The molecule has 0 saturated carbocycles. The molecule has 37 heavy (non-hydrogen) atoms. The lowest BCUT2D eigenvalue weighted by Gasteiger charge is -2.24. The molecule has 0 atom stereocenters. The normalized spacial score (nSPS) is 14.9. The summed E-state index contributed by atoms with van der Waals surface area (Å²) in [7, 11) is 0. The van der Waals surface area contributed by atoms with Gasteiger partial charge in [0.15, 0.2) is 0 Å². The van der Waals surface area contributed by atoms with Crippen LogP contribution in [0.5, 0.6) is 0 Å². The molecule has 5 rings (SSSR count). The maximum absolute atomic E-state index is 13.8. The molecule has 0 bridgehead atoms. The summed E-state index contributed by atoms with van der Waals surface area (Å²) < 4.78 is 27.1. The second-order valence-electron chi connectivity index (χ2n) is 9.39. The molecule has 1 fully saturated rings. The van der Waals surface area contributed by atoms with E-state index in [1.54, 1.807) is 30.3 Å². The summed E-state index contributed by atoms with van der Waals surface area (Å²) >= 11 is 0. The van der Waals surface area contributed by atoms with Gasteiger partial charge >= 0.3 is 0 Å². The molecule has 0 spiro atoms. The van der Waals surface area contributed by atoms with Crippen molar-refractivity contribution < 1.29 is 13.9 Å². The molecule has 0 unspecified atom stereocenters. The molecular formula is C28H34F2N6O. The number of nitrogens with one attached hydrogen (secondary N) is 2. The molecule has 3 heterocycles. The minimum atomic E-state index is -0.327. The van der Waals surface area contributed by atoms with Crippen LogP contribution in [0.3, 0.4) is 0 Å². The first-order valence-corrected chi connectivity index (χ1v) is 12.6. The Bertz CT molecular complexity index is 1270. The van der Waals surface area contributed by atoms with Crippen molar-refractivity contribution in [3.63, 3.8) is 0 Å². The molecule has 1 aliphatic heterocycles. The molecule has 2 aromatic carbocycles. The number of hydrogen-bond donors (Lipinski definition) is 3. The van der Waals surface area contributed by atoms with E-state index >= 15 is 0 Å². The summed E-state index contributed by atoms with van der Waals surface area (Å²) in [5.41, 5.74) is 2.55. The number of aliphatic hydroxyl groups excluding tert-OH is 1. The Kier molecular flexibility index (Phi) is 9.16. The average molecular weight is 509 g/mol. The molecule has 2 aromatic heterocycles. The maximum atomic E-state index is 13.8. The summed E-state index contributed by atoms with van der Waals surface area (Å²) in [5, 5.41) is 8.80. The monoisotopic (exact) mass is 508 g/mol. The Morgan fingerprint density at radius 2 is 1.38 bits per heavy atom. The Labute approximate surface area is 216 Å². The summed E-state index contributed by atoms with van der Waals surface area (Å²) in [5.74, 6) is 0.478. The largest absolute Gasteiger partial charge is 0.390 e. The molecule has 9 heteroatoms. The van der Waals surface area contributed by atoms with Crippen molar-refractivity contribution in [3.8, 4) is 22.8 Å². The van der Waals surface area contributed by atoms with Gasteiger partial charge in [-0.1, -0.05) is 24.3 Å². The van der Waals surface area contributed by atoms with Gasteiger partial charge in [0.2, 0.25) is 0 Å². The molecule has 3 N–H and O–H groups in total. The number of imidazole rings is 2. The summed E-state index contributed by atoms with van der Waals surface area (Å²) in [6.45, 7) is 9.65. The van der Waals surface area contributed by atoms with Gasteiger partial charge in [0, 0.05) is 37.6 Å². The van der Waals surface area contributed by atoms with Gasteiger partial charge < -0.3 is 15.1 Å². The van der Waals surface area contributed by atoms with Crippen molar-refractivity contribution in [1.82, 2.24) is 29.7 Å². The van der Waals surface area contributed by atoms with Crippen molar-refractivity contribution in [2.24, 2.45) is 0 Å². The number of halogens is 2. The van der Waals surface area contributed by atoms with Gasteiger partial charge in [0.25, 0.3) is 0 Å². The molecule has 1 saturated heterocycles. The van der Waals surface area contributed by atoms with Crippen LogP contribution in [0.2, 0.25) is 0 Å². The molecular weight excluding hydrogens is 474 g/mol. The first kappa shape index (κ1) is 26.7. The van der Waals surface area contributed by atoms with Crippen molar-refractivity contribution in [2.45, 2.75) is 39.5 Å². The summed E-state index contributed by atoms with van der Waals surface area (Å²) in [4.78, 5) is 19.4. The van der Waals surface area contributed by atoms with Crippen LogP contribution >= 0.6 is 0 Å². The molecule has 196 valence electrons. The quantitative estimate of drug-likeness (QED) is 0.347. The van der Waals surface area contributed by atoms with Gasteiger partial charge in [-0.05, 0) is 57.6 Å². The van der Waals surface area contributed by atoms with Crippen LogP contribution in [0.1, 0.15) is 31.7 Å². The van der Waals surface area contributed by atoms with Crippen LogP contribution in [-0.4, -0.2) is 67.1 Å². The predicted molar refractivity (Wildman–Crippen MR) is 140 cm³/mol. The number of rotatable bonds is 6. The molecule has 0 aliphatic carbocycles. The fourth-order valence-electron chi connectivity index (χ4n) is 4.37. The highest BCUT2D eigenvalue weighted by Crippen LogP contribution is 2.20.